The van der Waals surface area contributed by atoms with Crippen molar-refractivity contribution in [2.24, 2.45) is 0 Å². The summed E-state index contributed by atoms with van der Waals surface area (Å²) >= 11 is 0. The zero-order valence-corrected chi connectivity index (χ0v) is 13.1. The van der Waals surface area contributed by atoms with E-state index in [1.165, 1.54) is 6.92 Å². The summed E-state index contributed by atoms with van der Waals surface area (Å²) in [6, 6.07) is 13.3. The molecule has 4 heteroatoms. The number of hydrogen-bond donors (Lipinski definition) is 2. The molecule has 0 radical (unpaired) electrons. The van der Waals surface area contributed by atoms with E-state index in [0.29, 0.717) is 17.8 Å². The lowest BCUT2D eigenvalue weighted by Gasteiger charge is -2.11. The molecule has 0 atom stereocenters. The van der Waals surface area contributed by atoms with Crippen LogP contribution in [-0.4, -0.2) is 11.8 Å². The molecule has 4 nitrogen and oxygen atoms in total. The van der Waals surface area contributed by atoms with Gasteiger partial charge in [0.05, 0.1) is 6.42 Å². The highest BCUT2D eigenvalue weighted by Gasteiger charge is 2.08. The normalized spacial score (nSPS) is 10.1. The SMILES string of the molecule is CC(=O)Nc1cc(NC(=O)Cc2ccccc2C)ccc1C. The Bertz CT molecular complexity index is 708. The average Bonchev–Trinajstić information content (AvgIpc) is 2.44. The van der Waals surface area contributed by atoms with Crippen LogP contribution in [-0.2, 0) is 16.0 Å². The average molecular weight is 296 g/mol. The van der Waals surface area contributed by atoms with Crippen molar-refractivity contribution in [2.75, 3.05) is 10.6 Å². The maximum atomic E-state index is 12.2. The highest BCUT2D eigenvalue weighted by Crippen LogP contribution is 2.20. The van der Waals surface area contributed by atoms with Gasteiger partial charge >= 0.3 is 0 Å². The van der Waals surface area contributed by atoms with Crippen LogP contribution in [0, 0.1) is 13.8 Å². The summed E-state index contributed by atoms with van der Waals surface area (Å²) < 4.78 is 0. The molecule has 0 aliphatic carbocycles. The molecular formula is C18H20N2O2. The third-order valence-electron chi connectivity index (χ3n) is 3.44. The Hall–Kier alpha value is -2.62. The minimum atomic E-state index is -0.133. The number of nitrogens with one attached hydrogen (secondary N) is 2. The second-order valence-corrected chi connectivity index (χ2v) is 5.36. The third kappa shape index (κ3) is 4.19. The number of aryl methyl sites for hydroxylation is 2. The number of amides is 2. The van der Waals surface area contributed by atoms with Crippen LogP contribution < -0.4 is 10.6 Å². The summed E-state index contributed by atoms with van der Waals surface area (Å²) in [5, 5.41) is 5.62. The number of carbonyl (C=O) groups is 2. The lowest BCUT2D eigenvalue weighted by atomic mass is 10.1. The second-order valence-electron chi connectivity index (χ2n) is 5.36. The van der Waals surface area contributed by atoms with Crippen molar-refractivity contribution < 1.29 is 9.59 Å². The van der Waals surface area contributed by atoms with Crippen LogP contribution in [0.3, 0.4) is 0 Å². The highest BCUT2D eigenvalue weighted by atomic mass is 16.2. The van der Waals surface area contributed by atoms with Crippen molar-refractivity contribution in [2.45, 2.75) is 27.2 Å². The highest BCUT2D eigenvalue weighted by molar-refractivity contribution is 5.94. The van der Waals surface area contributed by atoms with Gasteiger partial charge in [0.1, 0.15) is 0 Å². The Kier molecular flexibility index (Phi) is 4.94. The Morgan fingerprint density at radius 1 is 0.955 bits per heavy atom. The van der Waals surface area contributed by atoms with E-state index in [1.54, 1.807) is 6.07 Å². The van der Waals surface area contributed by atoms with Crippen LogP contribution in [0.4, 0.5) is 11.4 Å². The fourth-order valence-electron chi connectivity index (χ4n) is 2.21. The monoisotopic (exact) mass is 296 g/mol. The molecule has 22 heavy (non-hydrogen) atoms. The molecule has 2 amide bonds. The first-order chi connectivity index (χ1) is 10.5. The lowest BCUT2D eigenvalue weighted by Crippen LogP contribution is -2.15. The van der Waals surface area contributed by atoms with Crippen molar-refractivity contribution in [3.8, 4) is 0 Å². The van der Waals surface area contributed by atoms with Crippen molar-refractivity contribution >= 4 is 23.2 Å². The van der Waals surface area contributed by atoms with Crippen LogP contribution in [0.1, 0.15) is 23.6 Å². The molecule has 0 spiro atoms. The van der Waals surface area contributed by atoms with Crippen LogP contribution in [0.5, 0.6) is 0 Å². The predicted octanol–water partition coefficient (Wildman–Crippen LogP) is 3.44. The molecule has 2 N–H and O–H groups in total. The summed E-state index contributed by atoms with van der Waals surface area (Å²) in [6.07, 6.45) is 0.329. The van der Waals surface area contributed by atoms with Gasteiger partial charge in [-0.3, -0.25) is 9.59 Å². The smallest absolute Gasteiger partial charge is 0.228 e. The van der Waals surface area contributed by atoms with E-state index in [4.69, 9.17) is 0 Å². The van der Waals surface area contributed by atoms with Gasteiger partial charge in [0.15, 0.2) is 0 Å². The minimum Gasteiger partial charge on any atom is -0.326 e. The fraction of sp³-hybridized carbons (Fsp3) is 0.222. The summed E-state index contributed by atoms with van der Waals surface area (Å²) in [7, 11) is 0. The van der Waals surface area contributed by atoms with Gasteiger partial charge < -0.3 is 10.6 Å². The van der Waals surface area contributed by atoms with E-state index in [-0.39, 0.29) is 11.8 Å². The van der Waals surface area contributed by atoms with Crippen molar-refractivity contribution in [1.82, 2.24) is 0 Å². The molecule has 0 fully saturated rings. The van der Waals surface area contributed by atoms with Gasteiger partial charge in [-0.25, -0.2) is 0 Å². The number of hydrogen-bond acceptors (Lipinski definition) is 2. The third-order valence-corrected chi connectivity index (χ3v) is 3.44. The van der Waals surface area contributed by atoms with Gasteiger partial charge in [0.2, 0.25) is 11.8 Å². The standard InChI is InChI=1S/C18H20N2O2/c1-12-6-4-5-7-15(12)10-18(22)20-16-9-8-13(2)17(11-16)19-14(3)21/h4-9,11H,10H2,1-3H3,(H,19,21)(H,20,22). The van der Waals surface area contributed by atoms with E-state index in [2.05, 4.69) is 10.6 Å². The molecule has 2 aromatic rings. The first kappa shape index (κ1) is 15.8. The maximum Gasteiger partial charge on any atom is 0.228 e. The molecule has 2 aromatic carbocycles. The zero-order valence-electron chi connectivity index (χ0n) is 13.1. The summed E-state index contributed by atoms with van der Waals surface area (Å²) in [6.45, 7) is 5.36. The summed E-state index contributed by atoms with van der Waals surface area (Å²) in [4.78, 5) is 23.3. The van der Waals surface area contributed by atoms with Crippen molar-refractivity contribution in [3.63, 3.8) is 0 Å². The van der Waals surface area contributed by atoms with Gasteiger partial charge in [0, 0.05) is 18.3 Å². The quantitative estimate of drug-likeness (QED) is 0.908. The number of rotatable bonds is 4. The molecule has 2 rings (SSSR count). The van der Waals surface area contributed by atoms with E-state index in [0.717, 1.165) is 16.7 Å². The largest absolute Gasteiger partial charge is 0.326 e. The molecule has 0 saturated carbocycles. The summed E-state index contributed by atoms with van der Waals surface area (Å²) in [5.74, 6) is -0.210. The van der Waals surface area contributed by atoms with Crippen molar-refractivity contribution in [3.05, 3.63) is 59.2 Å². The molecule has 0 aliphatic rings. The summed E-state index contributed by atoms with van der Waals surface area (Å²) in [5.41, 5.74) is 4.44. The molecule has 0 bridgehead atoms. The Labute approximate surface area is 130 Å². The first-order valence-corrected chi connectivity index (χ1v) is 7.18. The molecule has 0 aliphatic heterocycles. The second kappa shape index (κ2) is 6.89. The van der Waals surface area contributed by atoms with Gasteiger partial charge in [-0.15, -0.1) is 0 Å². The molecule has 0 aromatic heterocycles. The molecular weight excluding hydrogens is 276 g/mol. The Morgan fingerprint density at radius 2 is 1.68 bits per heavy atom. The molecule has 0 heterocycles. The minimum absolute atomic E-state index is 0.0769. The van der Waals surface area contributed by atoms with Gasteiger partial charge in [-0.1, -0.05) is 30.3 Å². The zero-order chi connectivity index (χ0) is 16.1. The maximum absolute atomic E-state index is 12.2. The number of anilines is 2. The number of benzene rings is 2. The fourth-order valence-corrected chi connectivity index (χ4v) is 2.21. The topological polar surface area (TPSA) is 58.2 Å². The van der Waals surface area contributed by atoms with E-state index in [9.17, 15) is 9.59 Å². The van der Waals surface area contributed by atoms with Crippen LogP contribution in [0.25, 0.3) is 0 Å². The lowest BCUT2D eigenvalue weighted by molar-refractivity contribution is -0.116. The van der Waals surface area contributed by atoms with Gasteiger partial charge in [0.25, 0.3) is 0 Å². The Morgan fingerprint density at radius 3 is 2.36 bits per heavy atom. The predicted molar refractivity (Wildman–Crippen MR) is 89.0 cm³/mol. The van der Waals surface area contributed by atoms with Gasteiger partial charge in [-0.05, 0) is 42.7 Å². The van der Waals surface area contributed by atoms with Crippen LogP contribution in [0.15, 0.2) is 42.5 Å². The Balaban J connectivity index is 2.08. The molecule has 0 saturated heterocycles. The van der Waals surface area contributed by atoms with E-state index < -0.39 is 0 Å². The van der Waals surface area contributed by atoms with Crippen LogP contribution >= 0.6 is 0 Å². The van der Waals surface area contributed by atoms with E-state index in [1.807, 2.05) is 50.2 Å². The van der Waals surface area contributed by atoms with Crippen LogP contribution in [0.2, 0.25) is 0 Å². The van der Waals surface area contributed by atoms with Gasteiger partial charge in [-0.2, -0.15) is 0 Å². The molecule has 0 unspecified atom stereocenters. The van der Waals surface area contributed by atoms with E-state index >= 15 is 0 Å². The molecule has 114 valence electrons. The van der Waals surface area contributed by atoms with Crippen molar-refractivity contribution in [1.29, 1.82) is 0 Å². The first-order valence-electron chi connectivity index (χ1n) is 7.18. The number of carbonyl (C=O) groups excluding carboxylic acids is 2.